The van der Waals surface area contributed by atoms with E-state index in [2.05, 4.69) is 92.1 Å². The summed E-state index contributed by atoms with van der Waals surface area (Å²) < 4.78 is 22.7. The Labute approximate surface area is 446 Å². The monoisotopic (exact) mass is 1050 g/mol. The average Bonchev–Trinajstić information content (AvgIpc) is 3.40. The van der Waals surface area contributed by atoms with Gasteiger partial charge in [-0.25, -0.2) is 0 Å². The molecule has 0 aromatic carbocycles. The molecular formula is C60H103NO13. The number of aliphatic hydroxyl groups is 8. The van der Waals surface area contributed by atoms with Gasteiger partial charge in [0.15, 0.2) is 12.6 Å². The van der Waals surface area contributed by atoms with Gasteiger partial charge in [-0.2, -0.15) is 0 Å². The minimum Gasteiger partial charge on any atom is -0.394 e. The summed E-state index contributed by atoms with van der Waals surface area (Å²) in [6.07, 6.45) is 43.2. The van der Waals surface area contributed by atoms with Crippen molar-refractivity contribution in [1.29, 1.82) is 0 Å². The summed E-state index contributed by atoms with van der Waals surface area (Å²) in [4.78, 5) is 13.2. The van der Waals surface area contributed by atoms with Gasteiger partial charge in [-0.15, -0.1) is 0 Å². The van der Waals surface area contributed by atoms with E-state index in [0.717, 1.165) is 83.5 Å². The van der Waals surface area contributed by atoms with Crippen LogP contribution in [0.25, 0.3) is 0 Å². The maximum absolute atomic E-state index is 13.2. The Morgan fingerprint density at radius 2 is 0.932 bits per heavy atom. The highest BCUT2D eigenvalue weighted by molar-refractivity contribution is 5.76. The van der Waals surface area contributed by atoms with Crippen molar-refractivity contribution in [3.8, 4) is 0 Å². The maximum atomic E-state index is 13.2. The van der Waals surface area contributed by atoms with Gasteiger partial charge in [-0.05, 0) is 70.6 Å². The van der Waals surface area contributed by atoms with Crippen molar-refractivity contribution in [3.63, 3.8) is 0 Å². The quantitative estimate of drug-likeness (QED) is 0.0205. The molecule has 2 aliphatic rings. The molecule has 0 bridgehead atoms. The van der Waals surface area contributed by atoms with Gasteiger partial charge in [-0.3, -0.25) is 4.79 Å². The Morgan fingerprint density at radius 1 is 0.500 bits per heavy atom. The molecule has 0 aromatic heterocycles. The van der Waals surface area contributed by atoms with Crippen molar-refractivity contribution in [2.75, 3.05) is 19.8 Å². The highest BCUT2D eigenvalue weighted by Gasteiger charge is 2.51. The van der Waals surface area contributed by atoms with Gasteiger partial charge in [0.05, 0.1) is 32.0 Å². The molecule has 0 saturated carbocycles. The zero-order valence-corrected chi connectivity index (χ0v) is 45.6. The largest absolute Gasteiger partial charge is 0.394 e. The van der Waals surface area contributed by atoms with Crippen molar-refractivity contribution in [2.45, 2.75) is 267 Å². The second-order valence-corrected chi connectivity index (χ2v) is 20.0. The first-order valence-corrected chi connectivity index (χ1v) is 28.8. The van der Waals surface area contributed by atoms with Crippen LogP contribution < -0.4 is 5.32 Å². The van der Waals surface area contributed by atoms with Crippen molar-refractivity contribution >= 4 is 5.91 Å². The summed E-state index contributed by atoms with van der Waals surface area (Å²) >= 11 is 0. The van der Waals surface area contributed by atoms with Crippen molar-refractivity contribution in [3.05, 3.63) is 85.1 Å². The molecule has 2 fully saturated rings. The van der Waals surface area contributed by atoms with E-state index in [9.17, 15) is 45.6 Å². The summed E-state index contributed by atoms with van der Waals surface area (Å²) in [6, 6.07) is -0.934. The number of amides is 1. The minimum atomic E-state index is -1.79. The highest BCUT2D eigenvalue weighted by Crippen LogP contribution is 2.30. The fourth-order valence-corrected chi connectivity index (χ4v) is 8.94. The summed E-state index contributed by atoms with van der Waals surface area (Å²) in [5.74, 6) is -0.267. The van der Waals surface area contributed by atoms with Crippen molar-refractivity contribution < 1.29 is 64.6 Å². The first kappa shape index (κ1) is 67.3. The molecule has 2 rings (SSSR count). The van der Waals surface area contributed by atoms with E-state index < -0.39 is 86.8 Å². The first-order valence-electron chi connectivity index (χ1n) is 28.8. The molecule has 0 aliphatic carbocycles. The third-order valence-corrected chi connectivity index (χ3v) is 13.6. The fraction of sp³-hybridized carbons (Fsp3) is 0.750. The first-order chi connectivity index (χ1) is 36.1. The standard InChI is InChI=1S/C60H103NO13/c1-3-5-7-9-11-13-15-17-19-21-22-23-24-25-26-28-30-32-34-36-38-40-42-44-52(65)61-48(49(64)43-41-39-37-35-33-31-29-27-20-18-16-14-12-10-8-6-4-2)47-71-59-57(70)55(68)58(51(46-63)73-59)74-60-56(69)54(67)53(66)50(45-62)72-60/h5,7,11,13,17,19,22-23,25-26,30,32,41,43,48-51,53-60,62-64,66-70H,3-4,6,8-10,12,14-16,18,20-21,24,27-29,31,33-40,42,44-47H2,1-2H3,(H,61,65)/b7-5-,13-11-,19-17-,23-22-,26-25-,32-30-,43-41+. The molecule has 0 aromatic rings. The highest BCUT2D eigenvalue weighted by atomic mass is 16.7. The SMILES string of the molecule is CC/C=C\C/C=C\C/C=C\C/C=C\C/C=C\C/C=C\CCCCCCC(=O)NC(COC1OC(CO)C(OC2OC(CO)C(O)C(O)C2O)C(O)C1O)C(O)/C=C/CCCCCCCCCCCCCCCCC. The zero-order chi connectivity index (χ0) is 53.9. The molecular weight excluding hydrogens is 943 g/mol. The Hall–Kier alpha value is -2.83. The lowest BCUT2D eigenvalue weighted by Gasteiger charge is -2.46. The van der Waals surface area contributed by atoms with Crippen LogP contribution in [0, 0.1) is 0 Å². The van der Waals surface area contributed by atoms with Gasteiger partial charge in [-0.1, -0.05) is 202 Å². The van der Waals surface area contributed by atoms with Gasteiger partial charge in [0.1, 0.15) is 48.8 Å². The maximum Gasteiger partial charge on any atom is 0.220 e. The number of unbranched alkanes of at least 4 members (excludes halogenated alkanes) is 19. The average molecular weight is 1050 g/mol. The van der Waals surface area contributed by atoms with Crippen LogP contribution in [-0.4, -0.2) is 140 Å². The lowest BCUT2D eigenvalue weighted by Crippen LogP contribution is -2.65. The van der Waals surface area contributed by atoms with Gasteiger partial charge >= 0.3 is 0 Å². The number of carbonyl (C=O) groups is 1. The molecule has 1 amide bonds. The van der Waals surface area contributed by atoms with E-state index in [1.54, 1.807) is 6.08 Å². The fourth-order valence-electron chi connectivity index (χ4n) is 8.94. The van der Waals surface area contributed by atoms with E-state index in [1.807, 2.05) is 6.08 Å². The van der Waals surface area contributed by atoms with Crippen LogP contribution in [0.1, 0.15) is 194 Å². The number of rotatable bonds is 44. The third-order valence-electron chi connectivity index (χ3n) is 13.6. The number of aliphatic hydroxyl groups excluding tert-OH is 8. The number of hydrogen-bond donors (Lipinski definition) is 9. The Kier molecular flexibility index (Phi) is 41.1. The van der Waals surface area contributed by atoms with E-state index in [1.165, 1.54) is 83.5 Å². The number of carbonyl (C=O) groups excluding carboxylic acids is 1. The van der Waals surface area contributed by atoms with Crippen LogP contribution in [0.4, 0.5) is 0 Å². The smallest absolute Gasteiger partial charge is 0.220 e. The number of ether oxygens (including phenoxy) is 4. The van der Waals surface area contributed by atoms with E-state index in [0.29, 0.717) is 6.42 Å². The van der Waals surface area contributed by atoms with Crippen molar-refractivity contribution in [2.24, 2.45) is 0 Å². The Bertz CT molecular complexity index is 1560. The molecule has 2 saturated heterocycles. The Balaban J connectivity index is 1.81. The van der Waals surface area contributed by atoms with Gasteiger partial charge in [0.2, 0.25) is 5.91 Å². The second kappa shape index (κ2) is 45.2. The van der Waals surface area contributed by atoms with Gasteiger partial charge in [0, 0.05) is 6.42 Å². The second-order valence-electron chi connectivity index (χ2n) is 20.0. The molecule has 12 unspecified atom stereocenters. The summed E-state index contributed by atoms with van der Waals surface area (Å²) in [7, 11) is 0. The molecule has 0 radical (unpaired) electrons. The number of hydrogen-bond acceptors (Lipinski definition) is 13. The summed E-state index contributed by atoms with van der Waals surface area (Å²) in [5.41, 5.74) is 0. The van der Waals surface area contributed by atoms with Crippen LogP contribution in [-0.2, 0) is 23.7 Å². The minimum absolute atomic E-state index is 0.247. The predicted molar refractivity (Wildman–Crippen MR) is 295 cm³/mol. The lowest BCUT2D eigenvalue weighted by atomic mass is 9.97. The third kappa shape index (κ3) is 30.8. The topological polar surface area (TPSA) is 228 Å². The lowest BCUT2D eigenvalue weighted by molar-refractivity contribution is -0.359. The number of nitrogens with one attached hydrogen (secondary N) is 1. The predicted octanol–water partition coefficient (Wildman–Crippen LogP) is 9.33. The van der Waals surface area contributed by atoms with Crippen LogP contribution in [0.15, 0.2) is 85.1 Å². The van der Waals surface area contributed by atoms with Gasteiger partial charge in [0.25, 0.3) is 0 Å². The molecule has 9 N–H and O–H groups in total. The van der Waals surface area contributed by atoms with Gasteiger partial charge < -0.3 is 65.1 Å². The van der Waals surface area contributed by atoms with Crippen LogP contribution in [0.3, 0.4) is 0 Å². The van der Waals surface area contributed by atoms with Crippen LogP contribution >= 0.6 is 0 Å². The molecule has 12 atom stereocenters. The molecule has 426 valence electrons. The molecule has 0 spiro atoms. The molecule has 2 heterocycles. The van der Waals surface area contributed by atoms with E-state index >= 15 is 0 Å². The van der Waals surface area contributed by atoms with Crippen LogP contribution in [0.2, 0.25) is 0 Å². The van der Waals surface area contributed by atoms with Crippen molar-refractivity contribution in [1.82, 2.24) is 5.32 Å². The normalized spacial score (nSPS) is 25.9. The molecule has 74 heavy (non-hydrogen) atoms. The molecule has 2 aliphatic heterocycles. The van der Waals surface area contributed by atoms with E-state index in [4.69, 9.17) is 18.9 Å². The van der Waals surface area contributed by atoms with Crippen LogP contribution in [0.5, 0.6) is 0 Å². The van der Waals surface area contributed by atoms with E-state index in [-0.39, 0.29) is 18.9 Å². The Morgan fingerprint density at radius 3 is 1.43 bits per heavy atom. The summed E-state index contributed by atoms with van der Waals surface area (Å²) in [6.45, 7) is 2.65. The summed E-state index contributed by atoms with van der Waals surface area (Å²) in [5, 5.41) is 87.0. The zero-order valence-electron chi connectivity index (χ0n) is 45.6. The molecule has 14 heteroatoms. The number of allylic oxidation sites excluding steroid dienone is 13. The molecule has 14 nitrogen and oxygen atoms in total.